The first kappa shape index (κ1) is 16.9. The Morgan fingerprint density at radius 2 is 1.76 bits per heavy atom. The highest BCUT2D eigenvalue weighted by Crippen LogP contribution is 2.25. The molecule has 1 saturated carbocycles. The van der Waals surface area contributed by atoms with Crippen LogP contribution < -0.4 is 0 Å². The van der Waals surface area contributed by atoms with Crippen molar-refractivity contribution in [2.45, 2.75) is 44.7 Å². The zero-order valence-electron chi connectivity index (χ0n) is 12.6. The van der Waals surface area contributed by atoms with E-state index in [1.54, 1.807) is 18.4 Å². The third-order valence-electron chi connectivity index (χ3n) is 4.20. The molecule has 1 fully saturated rings. The molecular weight excluding hydrogens is 352 g/mol. The van der Waals surface area contributed by atoms with Crippen LogP contribution in [0.3, 0.4) is 0 Å². The van der Waals surface area contributed by atoms with Crippen molar-refractivity contribution in [2.24, 2.45) is 0 Å². The van der Waals surface area contributed by atoms with Crippen LogP contribution >= 0.6 is 15.9 Å². The van der Waals surface area contributed by atoms with Crippen LogP contribution in [0.2, 0.25) is 0 Å². The monoisotopic (exact) mass is 374 g/mol. The van der Waals surface area contributed by atoms with Crippen molar-refractivity contribution in [3.05, 3.63) is 34.3 Å². The summed E-state index contributed by atoms with van der Waals surface area (Å²) in [5.74, 6) is 0. The third-order valence-corrected chi connectivity index (χ3v) is 6.91. The molecule has 1 aliphatic carbocycles. The van der Waals surface area contributed by atoms with Crippen LogP contribution in [0.15, 0.2) is 28.7 Å². The molecule has 0 atom stereocenters. The fourth-order valence-corrected chi connectivity index (χ4v) is 4.54. The van der Waals surface area contributed by atoms with Gasteiger partial charge in [-0.3, -0.25) is 0 Å². The van der Waals surface area contributed by atoms with Crippen LogP contribution in [0, 0.1) is 0 Å². The molecule has 0 amide bonds. The Morgan fingerprint density at radius 3 is 2.38 bits per heavy atom. The minimum absolute atomic E-state index is 0.144. The maximum absolute atomic E-state index is 12.7. The van der Waals surface area contributed by atoms with E-state index in [9.17, 15) is 8.42 Å². The van der Waals surface area contributed by atoms with Crippen LogP contribution in [0.5, 0.6) is 0 Å². The lowest BCUT2D eigenvalue weighted by Gasteiger charge is -2.33. The molecule has 1 aromatic carbocycles. The molecule has 0 saturated heterocycles. The molecule has 0 N–H and O–H groups in total. The van der Waals surface area contributed by atoms with Gasteiger partial charge in [0.1, 0.15) is 0 Å². The normalized spacial score (nSPS) is 17.6. The van der Waals surface area contributed by atoms with Gasteiger partial charge in [-0.15, -0.1) is 0 Å². The smallest absolute Gasteiger partial charge is 0.195 e. The quantitative estimate of drug-likeness (QED) is 0.792. The second-order valence-corrected chi connectivity index (χ2v) is 8.61. The molecule has 0 spiro atoms. The van der Waals surface area contributed by atoms with Gasteiger partial charge in [-0.1, -0.05) is 53.4 Å². The highest BCUT2D eigenvalue weighted by Gasteiger charge is 2.30. The molecule has 0 unspecified atom stereocenters. The van der Waals surface area contributed by atoms with E-state index in [2.05, 4.69) is 15.9 Å². The molecule has 1 aromatic rings. The summed E-state index contributed by atoms with van der Waals surface area (Å²) in [5, 5.41) is 0. The van der Waals surface area contributed by atoms with Crippen molar-refractivity contribution in [2.75, 3.05) is 14.1 Å². The lowest BCUT2D eigenvalue weighted by molar-refractivity contribution is 0.268. The summed E-state index contributed by atoms with van der Waals surface area (Å²) in [5.41, 5.74) is 0.973. The SMILES string of the molecule is CN(Cc1ccccc1Br)S(=O)(=O)N(C)C1CCCCC1. The summed E-state index contributed by atoms with van der Waals surface area (Å²) in [6.45, 7) is 0.376. The van der Waals surface area contributed by atoms with Crippen molar-refractivity contribution in [1.82, 2.24) is 8.61 Å². The Kier molecular flexibility index (Phi) is 5.82. The van der Waals surface area contributed by atoms with E-state index in [0.29, 0.717) is 6.54 Å². The van der Waals surface area contributed by atoms with E-state index < -0.39 is 10.2 Å². The number of hydrogen-bond donors (Lipinski definition) is 0. The lowest BCUT2D eigenvalue weighted by atomic mass is 9.96. The van der Waals surface area contributed by atoms with E-state index >= 15 is 0 Å². The van der Waals surface area contributed by atoms with Crippen molar-refractivity contribution in [1.29, 1.82) is 0 Å². The van der Waals surface area contributed by atoms with Gasteiger partial charge in [0.25, 0.3) is 10.2 Å². The van der Waals surface area contributed by atoms with Gasteiger partial charge in [-0.2, -0.15) is 17.0 Å². The largest absolute Gasteiger partial charge is 0.282 e. The zero-order valence-corrected chi connectivity index (χ0v) is 15.0. The van der Waals surface area contributed by atoms with Gasteiger partial charge < -0.3 is 0 Å². The van der Waals surface area contributed by atoms with E-state index in [4.69, 9.17) is 0 Å². The predicted octanol–water partition coefficient (Wildman–Crippen LogP) is 3.39. The van der Waals surface area contributed by atoms with Crippen molar-refractivity contribution in [3.8, 4) is 0 Å². The molecule has 0 bridgehead atoms. The minimum Gasteiger partial charge on any atom is -0.195 e. The Hall–Kier alpha value is -0.430. The highest BCUT2D eigenvalue weighted by atomic mass is 79.9. The first-order valence-corrected chi connectivity index (χ1v) is 9.54. The van der Waals surface area contributed by atoms with Crippen LogP contribution in [-0.4, -0.2) is 37.2 Å². The number of hydrogen-bond acceptors (Lipinski definition) is 2. The molecule has 0 radical (unpaired) electrons. The summed E-state index contributed by atoms with van der Waals surface area (Å²) in [4.78, 5) is 0. The third kappa shape index (κ3) is 4.06. The van der Waals surface area contributed by atoms with Gasteiger partial charge in [-0.25, -0.2) is 0 Å². The number of benzene rings is 1. The summed E-state index contributed by atoms with van der Waals surface area (Å²) in [6, 6.07) is 7.87. The fourth-order valence-electron chi connectivity index (χ4n) is 2.80. The Bertz CT molecular complexity index is 571. The molecule has 118 valence electrons. The second-order valence-electron chi connectivity index (χ2n) is 5.66. The molecule has 4 nitrogen and oxygen atoms in total. The van der Waals surface area contributed by atoms with E-state index in [1.165, 1.54) is 10.7 Å². The molecule has 0 heterocycles. The number of nitrogens with zero attached hydrogens (tertiary/aromatic N) is 2. The molecule has 0 aliphatic heterocycles. The maximum Gasteiger partial charge on any atom is 0.282 e. The van der Waals surface area contributed by atoms with Crippen LogP contribution in [0.25, 0.3) is 0 Å². The summed E-state index contributed by atoms with van der Waals surface area (Å²) < 4.78 is 29.3. The van der Waals surface area contributed by atoms with Crippen LogP contribution in [-0.2, 0) is 16.8 Å². The van der Waals surface area contributed by atoms with Gasteiger partial charge in [0.05, 0.1) is 0 Å². The van der Waals surface area contributed by atoms with E-state index in [-0.39, 0.29) is 6.04 Å². The summed E-state index contributed by atoms with van der Waals surface area (Å²) >= 11 is 3.47. The fraction of sp³-hybridized carbons (Fsp3) is 0.600. The van der Waals surface area contributed by atoms with Gasteiger partial charge in [0.15, 0.2) is 0 Å². The van der Waals surface area contributed by atoms with Gasteiger partial charge in [0, 0.05) is 31.2 Å². The Balaban J connectivity index is 2.09. The Labute approximate surface area is 136 Å². The molecule has 6 heteroatoms. The highest BCUT2D eigenvalue weighted by molar-refractivity contribution is 9.10. The first-order chi connectivity index (χ1) is 9.93. The van der Waals surface area contributed by atoms with E-state index in [1.807, 2.05) is 24.3 Å². The first-order valence-electron chi connectivity index (χ1n) is 7.35. The molecule has 0 aromatic heterocycles. The molecule has 2 rings (SSSR count). The van der Waals surface area contributed by atoms with E-state index in [0.717, 1.165) is 35.7 Å². The second kappa shape index (κ2) is 7.22. The minimum atomic E-state index is -3.41. The molecule has 21 heavy (non-hydrogen) atoms. The van der Waals surface area contributed by atoms with Crippen LogP contribution in [0.1, 0.15) is 37.7 Å². The standard InChI is InChI=1S/C15H23BrN2O2S/c1-17(12-13-8-6-7-11-15(13)16)21(19,20)18(2)14-9-4-3-5-10-14/h6-8,11,14H,3-5,9-10,12H2,1-2H3. The molecule has 1 aliphatic rings. The maximum atomic E-state index is 12.7. The Morgan fingerprint density at radius 1 is 1.14 bits per heavy atom. The van der Waals surface area contributed by atoms with Gasteiger partial charge >= 0.3 is 0 Å². The van der Waals surface area contributed by atoms with Crippen molar-refractivity contribution in [3.63, 3.8) is 0 Å². The average molecular weight is 375 g/mol. The lowest BCUT2D eigenvalue weighted by Crippen LogP contribution is -2.45. The van der Waals surface area contributed by atoms with Gasteiger partial charge in [-0.05, 0) is 24.5 Å². The van der Waals surface area contributed by atoms with Crippen molar-refractivity contribution < 1.29 is 8.42 Å². The summed E-state index contributed by atoms with van der Waals surface area (Å²) in [7, 11) is -0.0506. The topological polar surface area (TPSA) is 40.6 Å². The molecular formula is C15H23BrN2O2S. The summed E-state index contributed by atoms with van der Waals surface area (Å²) in [6.07, 6.45) is 5.41. The van der Waals surface area contributed by atoms with Crippen molar-refractivity contribution >= 4 is 26.1 Å². The van der Waals surface area contributed by atoms with Gasteiger partial charge in [0.2, 0.25) is 0 Å². The predicted molar refractivity (Wildman–Crippen MR) is 89.2 cm³/mol. The van der Waals surface area contributed by atoms with Crippen LogP contribution in [0.4, 0.5) is 0 Å². The number of rotatable bonds is 5. The zero-order chi connectivity index (χ0) is 15.5. The average Bonchev–Trinajstić information content (AvgIpc) is 2.49. The number of halogens is 1.